The van der Waals surface area contributed by atoms with Gasteiger partial charge in [-0.25, -0.2) is 13.1 Å². The van der Waals surface area contributed by atoms with Crippen LogP contribution in [0.2, 0.25) is 0 Å². The molecule has 0 spiro atoms. The van der Waals surface area contributed by atoms with Crippen molar-refractivity contribution in [3.8, 4) is 0 Å². The molecule has 0 aliphatic heterocycles. The maximum Gasteiger partial charge on any atom is 0.213 e. The summed E-state index contributed by atoms with van der Waals surface area (Å²) in [5.41, 5.74) is 7.04. The third kappa shape index (κ3) is 5.43. The van der Waals surface area contributed by atoms with Gasteiger partial charge in [-0.3, -0.25) is 0 Å². The second-order valence-corrected chi connectivity index (χ2v) is 7.08. The van der Waals surface area contributed by atoms with Crippen molar-refractivity contribution in [2.24, 2.45) is 5.73 Å². The first-order chi connectivity index (χ1) is 8.85. The average molecular weight is 366 g/mol. The summed E-state index contributed by atoms with van der Waals surface area (Å²) in [6.45, 7) is 2.41. The molecule has 1 aromatic carbocycles. The van der Waals surface area contributed by atoms with E-state index in [0.717, 1.165) is 10.2 Å². The molecule has 0 aliphatic rings. The van der Waals surface area contributed by atoms with E-state index in [1.807, 2.05) is 6.07 Å². The van der Waals surface area contributed by atoms with Crippen LogP contribution in [-0.2, 0) is 10.0 Å². The van der Waals surface area contributed by atoms with Crippen molar-refractivity contribution < 1.29 is 8.42 Å². The normalized spacial score (nSPS) is 11.3. The molecule has 1 aromatic rings. The second-order valence-electron chi connectivity index (χ2n) is 3.80. The number of benzene rings is 1. The fourth-order valence-electron chi connectivity index (χ4n) is 1.49. The van der Waals surface area contributed by atoms with E-state index in [0.29, 0.717) is 12.1 Å². The van der Waals surface area contributed by atoms with E-state index in [1.54, 1.807) is 19.1 Å². The quantitative estimate of drug-likeness (QED) is 0.636. The van der Waals surface area contributed by atoms with Crippen LogP contribution in [0.25, 0.3) is 0 Å². The molecule has 19 heavy (non-hydrogen) atoms. The fourth-order valence-corrected chi connectivity index (χ4v) is 2.97. The van der Waals surface area contributed by atoms with Crippen LogP contribution in [0, 0.1) is 0 Å². The molecule has 106 valence electrons. The largest absolute Gasteiger partial charge is 0.389 e. The summed E-state index contributed by atoms with van der Waals surface area (Å²) in [4.78, 5) is 0.262. The predicted molar refractivity (Wildman–Crippen MR) is 86.0 cm³/mol. The highest BCUT2D eigenvalue weighted by Crippen LogP contribution is 2.20. The summed E-state index contributed by atoms with van der Waals surface area (Å²) < 4.78 is 26.3. The highest BCUT2D eigenvalue weighted by atomic mass is 79.9. The zero-order valence-corrected chi connectivity index (χ0v) is 13.7. The van der Waals surface area contributed by atoms with Gasteiger partial charge in [-0.1, -0.05) is 35.1 Å². The molecule has 0 unspecified atom stereocenters. The van der Waals surface area contributed by atoms with Crippen molar-refractivity contribution in [1.29, 1.82) is 0 Å². The third-order valence-corrected chi connectivity index (χ3v) is 4.48. The minimum absolute atomic E-state index is 0.00627. The van der Waals surface area contributed by atoms with Gasteiger partial charge in [0, 0.05) is 28.8 Å². The van der Waals surface area contributed by atoms with E-state index in [-0.39, 0.29) is 17.3 Å². The Hall–Kier alpha value is -0.700. The van der Waals surface area contributed by atoms with E-state index >= 15 is 0 Å². The number of sulfonamides is 1. The predicted octanol–water partition coefficient (Wildman–Crippen LogP) is 1.43. The van der Waals surface area contributed by atoms with Crippen LogP contribution in [0.4, 0.5) is 5.69 Å². The van der Waals surface area contributed by atoms with Crippen molar-refractivity contribution >= 4 is 48.8 Å². The van der Waals surface area contributed by atoms with Crippen molar-refractivity contribution in [2.75, 3.05) is 24.2 Å². The number of thiocarbonyl (C=S) groups is 1. The average Bonchev–Trinajstić information content (AvgIpc) is 2.30. The molecule has 4 N–H and O–H groups in total. The van der Waals surface area contributed by atoms with Crippen LogP contribution in [0.3, 0.4) is 0 Å². The lowest BCUT2D eigenvalue weighted by molar-refractivity contribution is 0.584. The number of rotatable bonds is 7. The molecule has 0 atom stereocenters. The number of hydrogen-bond donors (Lipinski definition) is 3. The zero-order valence-electron chi connectivity index (χ0n) is 10.4. The first kappa shape index (κ1) is 16.4. The van der Waals surface area contributed by atoms with Crippen LogP contribution in [0.1, 0.15) is 12.5 Å². The summed E-state index contributed by atoms with van der Waals surface area (Å²) in [6.07, 6.45) is 0. The van der Waals surface area contributed by atoms with Crippen molar-refractivity contribution in [3.05, 3.63) is 28.2 Å². The van der Waals surface area contributed by atoms with E-state index in [1.165, 1.54) is 0 Å². The van der Waals surface area contributed by atoms with Crippen LogP contribution >= 0.6 is 28.1 Å². The van der Waals surface area contributed by atoms with Gasteiger partial charge in [-0.05, 0) is 18.2 Å². The number of nitrogens with two attached hydrogens (primary N) is 1. The van der Waals surface area contributed by atoms with Crippen LogP contribution < -0.4 is 15.8 Å². The zero-order chi connectivity index (χ0) is 14.5. The monoisotopic (exact) mass is 365 g/mol. The molecule has 0 heterocycles. The van der Waals surface area contributed by atoms with Gasteiger partial charge in [0.1, 0.15) is 4.99 Å². The Morgan fingerprint density at radius 1 is 1.47 bits per heavy atom. The molecule has 0 aliphatic carbocycles. The van der Waals surface area contributed by atoms with Gasteiger partial charge in [0.2, 0.25) is 10.0 Å². The smallest absolute Gasteiger partial charge is 0.213 e. The maximum atomic E-state index is 11.5. The van der Waals surface area contributed by atoms with Crippen molar-refractivity contribution in [3.63, 3.8) is 0 Å². The van der Waals surface area contributed by atoms with Gasteiger partial charge in [0.05, 0.1) is 5.75 Å². The molecule has 8 heteroatoms. The molecule has 0 saturated heterocycles. The van der Waals surface area contributed by atoms with Crippen molar-refractivity contribution in [2.45, 2.75) is 6.92 Å². The summed E-state index contributed by atoms with van der Waals surface area (Å²) in [6, 6.07) is 5.44. The van der Waals surface area contributed by atoms with Gasteiger partial charge in [0.25, 0.3) is 0 Å². The van der Waals surface area contributed by atoms with Crippen LogP contribution in [0.5, 0.6) is 0 Å². The minimum Gasteiger partial charge on any atom is -0.389 e. The first-order valence-electron chi connectivity index (χ1n) is 5.66. The summed E-state index contributed by atoms with van der Waals surface area (Å²) in [5.74, 6) is -0.00627. The van der Waals surface area contributed by atoms with Crippen LogP contribution in [0.15, 0.2) is 22.7 Å². The molecule has 0 aromatic heterocycles. The Kier molecular flexibility index (Phi) is 6.18. The summed E-state index contributed by atoms with van der Waals surface area (Å²) in [5, 5.41) is 3.03. The molecule has 0 radical (unpaired) electrons. The van der Waals surface area contributed by atoms with E-state index in [4.69, 9.17) is 18.0 Å². The fraction of sp³-hybridized carbons (Fsp3) is 0.364. The number of halogens is 1. The molecular formula is C11H16BrN3O2S2. The Labute approximate surface area is 127 Å². The standard InChI is InChI=1S/C11H16BrN3O2S2/c1-2-15-19(16,17)6-5-14-10-4-3-8(12)7-9(10)11(13)18/h3-4,7,14-15H,2,5-6H2,1H3,(H2,13,18). The van der Waals surface area contributed by atoms with Gasteiger partial charge in [0.15, 0.2) is 0 Å². The lowest BCUT2D eigenvalue weighted by Crippen LogP contribution is -2.29. The molecule has 1 rings (SSSR count). The van der Waals surface area contributed by atoms with Gasteiger partial charge >= 0.3 is 0 Å². The first-order valence-corrected chi connectivity index (χ1v) is 8.51. The Morgan fingerprint density at radius 2 is 2.16 bits per heavy atom. The second kappa shape index (κ2) is 7.18. The maximum absolute atomic E-state index is 11.5. The highest BCUT2D eigenvalue weighted by molar-refractivity contribution is 9.10. The molecular weight excluding hydrogens is 350 g/mol. The Bertz CT molecular complexity index is 561. The van der Waals surface area contributed by atoms with Crippen LogP contribution in [-0.4, -0.2) is 32.2 Å². The van der Waals surface area contributed by atoms with Gasteiger partial charge in [-0.2, -0.15) is 0 Å². The van der Waals surface area contributed by atoms with E-state index in [2.05, 4.69) is 26.0 Å². The highest BCUT2D eigenvalue weighted by Gasteiger charge is 2.10. The van der Waals surface area contributed by atoms with E-state index in [9.17, 15) is 8.42 Å². The van der Waals surface area contributed by atoms with Gasteiger partial charge < -0.3 is 11.1 Å². The number of nitrogens with one attached hydrogen (secondary N) is 2. The molecule has 5 nitrogen and oxygen atoms in total. The molecule has 0 bridgehead atoms. The van der Waals surface area contributed by atoms with Crippen molar-refractivity contribution in [1.82, 2.24) is 4.72 Å². The Balaban J connectivity index is 2.71. The summed E-state index contributed by atoms with van der Waals surface area (Å²) in [7, 11) is -3.23. The molecule has 0 fully saturated rings. The lowest BCUT2D eigenvalue weighted by atomic mass is 10.2. The molecule has 0 saturated carbocycles. The van der Waals surface area contributed by atoms with E-state index < -0.39 is 10.0 Å². The SMILES string of the molecule is CCNS(=O)(=O)CCNc1ccc(Br)cc1C(N)=S. The third-order valence-electron chi connectivity index (χ3n) is 2.30. The lowest BCUT2D eigenvalue weighted by Gasteiger charge is -2.12. The molecule has 0 amide bonds. The topological polar surface area (TPSA) is 84.2 Å². The number of hydrogen-bond acceptors (Lipinski definition) is 4. The number of anilines is 1. The summed E-state index contributed by atoms with van der Waals surface area (Å²) >= 11 is 8.30. The minimum atomic E-state index is -3.23. The van der Waals surface area contributed by atoms with Gasteiger partial charge in [-0.15, -0.1) is 0 Å². The Morgan fingerprint density at radius 3 is 2.74 bits per heavy atom.